The van der Waals surface area contributed by atoms with Gasteiger partial charge in [0.15, 0.2) is 0 Å². The molecule has 3 heteroatoms. The quantitative estimate of drug-likeness (QED) is 0.112. The van der Waals surface area contributed by atoms with Gasteiger partial charge < -0.3 is 14.4 Å². The van der Waals surface area contributed by atoms with Crippen molar-refractivity contribution in [2.24, 2.45) is 5.41 Å². The van der Waals surface area contributed by atoms with Crippen LogP contribution in [0, 0.1) is 5.41 Å². The zero-order valence-electron chi connectivity index (χ0n) is 19.1. The fourth-order valence-corrected chi connectivity index (χ4v) is 3.14. The van der Waals surface area contributed by atoms with Crippen LogP contribution in [-0.4, -0.2) is 25.6 Å². The first-order valence-electron chi connectivity index (χ1n) is 10.7. The number of nitrogens with zero attached hydrogens (tertiary/aromatic N) is 1. The van der Waals surface area contributed by atoms with Crippen molar-refractivity contribution in [2.45, 2.75) is 72.1 Å². The Bertz CT molecular complexity index is 533. The molecule has 0 fully saturated rings. The molecular formula is C25H43NO2. The van der Waals surface area contributed by atoms with Crippen LogP contribution in [0.25, 0.3) is 0 Å². The van der Waals surface area contributed by atoms with Crippen LogP contribution >= 0.6 is 0 Å². The van der Waals surface area contributed by atoms with Gasteiger partial charge in [0.1, 0.15) is 11.5 Å². The zero-order chi connectivity index (χ0) is 21.4. The topological polar surface area (TPSA) is 21.7 Å². The van der Waals surface area contributed by atoms with Crippen molar-refractivity contribution < 1.29 is 9.47 Å². The molecule has 3 nitrogen and oxygen atoms in total. The molecule has 0 aromatic rings. The van der Waals surface area contributed by atoms with Crippen molar-refractivity contribution >= 4 is 0 Å². The summed E-state index contributed by atoms with van der Waals surface area (Å²) in [6.45, 7) is 19.7. The number of likely N-dealkylation sites (N-methyl/N-ethyl adjacent to an activating group) is 1. The third-order valence-corrected chi connectivity index (χ3v) is 5.43. The molecule has 0 aliphatic rings. The lowest BCUT2D eigenvalue weighted by atomic mass is 9.78. The van der Waals surface area contributed by atoms with E-state index in [4.69, 9.17) is 9.47 Å². The SMILES string of the molecule is C=C(/C=C/OC(=C)C(CC)(C/C=C/C)C(=C)OC)N(C)CCCCCCCC. The Hall–Kier alpha value is -1.90. The summed E-state index contributed by atoms with van der Waals surface area (Å²) in [5.41, 5.74) is 0.500. The first-order valence-corrected chi connectivity index (χ1v) is 10.7. The van der Waals surface area contributed by atoms with Crippen molar-refractivity contribution in [3.05, 3.63) is 61.4 Å². The number of hydrogen-bond donors (Lipinski definition) is 0. The van der Waals surface area contributed by atoms with Crippen molar-refractivity contribution in [1.29, 1.82) is 0 Å². The van der Waals surface area contributed by atoms with Crippen LogP contribution in [0.4, 0.5) is 0 Å². The van der Waals surface area contributed by atoms with Crippen LogP contribution < -0.4 is 0 Å². The van der Waals surface area contributed by atoms with E-state index in [-0.39, 0.29) is 0 Å². The Labute approximate surface area is 174 Å². The van der Waals surface area contributed by atoms with E-state index in [0.717, 1.165) is 25.1 Å². The van der Waals surface area contributed by atoms with Gasteiger partial charge in [-0.1, -0.05) is 77.8 Å². The minimum atomic E-state index is -0.433. The second kappa shape index (κ2) is 15.1. The predicted molar refractivity (Wildman–Crippen MR) is 123 cm³/mol. The Balaban J connectivity index is 4.64. The summed E-state index contributed by atoms with van der Waals surface area (Å²) in [6, 6.07) is 0. The average molecular weight is 390 g/mol. The normalized spacial score (nSPS) is 13.5. The summed E-state index contributed by atoms with van der Waals surface area (Å²) in [5, 5.41) is 0. The monoisotopic (exact) mass is 389 g/mol. The summed E-state index contributed by atoms with van der Waals surface area (Å²) < 4.78 is 11.3. The van der Waals surface area contributed by atoms with E-state index in [0.29, 0.717) is 11.5 Å². The Morgan fingerprint density at radius 3 is 2.21 bits per heavy atom. The standard InChI is InChI=1S/C25H43NO2/c1-9-12-14-15-16-17-20-26(7)22(4)18-21-28-24(6)25(11-3,19-13-10-2)23(5)27-8/h10,13,18,21H,4-6,9,11-12,14-17,19-20H2,1-3,7-8H3/b13-10+,21-18+. The molecule has 0 heterocycles. The van der Waals surface area contributed by atoms with Crippen LogP contribution in [0.2, 0.25) is 0 Å². The van der Waals surface area contributed by atoms with E-state index in [1.54, 1.807) is 13.4 Å². The predicted octanol–water partition coefficient (Wildman–Crippen LogP) is 7.36. The highest BCUT2D eigenvalue weighted by atomic mass is 16.5. The van der Waals surface area contributed by atoms with Crippen LogP contribution in [0.1, 0.15) is 72.1 Å². The lowest BCUT2D eigenvalue weighted by molar-refractivity contribution is 0.139. The Kier molecular flexibility index (Phi) is 14.0. The van der Waals surface area contributed by atoms with Gasteiger partial charge >= 0.3 is 0 Å². The molecule has 0 saturated carbocycles. The molecule has 0 amide bonds. The number of hydrogen-bond acceptors (Lipinski definition) is 3. The highest BCUT2D eigenvalue weighted by Gasteiger charge is 2.36. The van der Waals surface area contributed by atoms with Gasteiger partial charge in [0, 0.05) is 19.3 Å². The van der Waals surface area contributed by atoms with E-state index in [2.05, 4.69) is 51.6 Å². The summed E-state index contributed by atoms with van der Waals surface area (Å²) in [7, 11) is 3.72. The fraction of sp³-hybridized carbons (Fsp3) is 0.600. The Morgan fingerprint density at radius 1 is 1.00 bits per heavy atom. The third kappa shape index (κ3) is 8.86. The number of unbranched alkanes of at least 4 members (excludes halogenated alkanes) is 5. The summed E-state index contributed by atoms with van der Waals surface area (Å²) in [5.74, 6) is 1.31. The van der Waals surface area contributed by atoms with Crippen LogP contribution in [-0.2, 0) is 9.47 Å². The molecule has 0 saturated heterocycles. The molecular weight excluding hydrogens is 346 g/mol. The lowest BCUT2D eigenvalue weighted by Gasteiger charge is -2.33. The molecule has 0 aromatic heterocycles. The van der Waals surface area contributed by atoms with E-state index in [1.165, 1.54) is 38.5 Å². The maximum atomic E-state index is 5.87. The lowest BCUT2D eigenvalue weighted by Crippen LogP contribution is -2.26. The third-order valence-electron chi connectivity index (χ3n) is 5.43. The van der Waals surface area contributed by atoms with Gasteiger partial charge in [0.05, 0.1) is 18.8 Å². The summed E-state index contributed by atoms with van der Waals surface area (Å²) in [6.07, 6.45) is 17.0. The minimum Gasteiger partial charge on any atom is -0.501 e. The van der Waals surface area contributed by atoms with E-state index >= 15 is 0 Å². The maximum absolute atomic E-state index is 5.87. The number of allylic oxidation sites excluding steroid dienone is 3. The average Bonchev–Trinajstić information content (AvgIpc) is 2.70. The molecule has 0 N–H and O–H groups in total. The highest BCUT2D eigenvalue weighted by molar-refractivity contribution is 5.21. The van der Waals surface area contributed by atoms with Gasteiger partial charge in [0.2, 0.25) is 0 Å². The maximum Gasteiger partial charge on any atom is 0.110 e. The van der Waals surface area contributed by atoms with Gasteiger partial charge in [0.25, 0.3) is 0 Å². The highest BCUT2D eigenvalue weighted by Crippen LogP contribution is 2.42. The van der Waals surface area contributed by atoms with Crippen molar-refractivity contribution in [1.82, 2.24) is 4.90 Å². The number of rotatable bonds is 17. The second-order valence-electron chi connectivity index (χ2n) is 7.36. The van der Waals surface area contributed by atoms with Crippen molar-refractivity contribution in [3.63, 3.8) is 0 Å². The molecule has 28 heavy (non-hydrogen) atoms. The Morgan fingerprint density at radius 2 is 1.64 bits per heavy atom. The van der Waals surface area contributed by atoms with Gasteiger partial charge in [-0.2, -0.15) is 0 Å². The summed E-state index contributed by atoms with van der Waals surface area (Å²) >= 11 is 0. The van der Waals surface area contributed by atoms with Crippen LogP contribution in [0.15, 0.2) is 61.4 Å². The van der Waals surface area contributed by atoms with Crippen LogP contribution in [0.3, 0.4) is 0 Å². The second-order valence-corrected chi connectivity index (χ2v) is 7.36. The number of methoxy groups -OCH3 is 1. The molecule has 0 spiro atoms. The van der Waals surface area contributed by atoms with Gasteiger partial charge in [-0.3, -0.25) is 0 Å². The minimum absolute atomic E-state index is 0.433. The molecule has 0 aromatic carbocycles. The van der Waals surface area contributed by atoms with Gasteiger partial charge in [-0.25, -0.2) is 0 Å². The smallest absolute Gasteiger partial charge is 0.110 e. The zero-order valence-corrected chi connectivity index (χ0v) is 19.1. The van der Waals surface area contributed by atoms with Crippen LogP contribution in [0.5, 0.6) is 0 Å². The fourth-order valence-electron chi connectivity index (χ4n) is 3.14. The molecule has 0 aliphatic carbocycles. The first kappa shape index (κ1) is 26.1. The molecule has 1 atom stereocenters. The van der Waals surface area contributed by atoms with Crippen molar-refractivity contribution in [2.75, 3.05) is 20.7 Å². The first-order chi connectivity index (χ1) is 13.4. The molecule has 0 radical (unpaired) electrons. The van der Waals surface area contributed by atoms with E-state index < -0.39 is 5.41 Å². The van der Waals surface area contributed by atoms with E-state index in [9.17, 15) is 0 Å². The van der Waals surface area contributed by atoms with E-state index in [1.807, 2.05) is 19.1 Å². The molecule has 0 aliphatic heterocycles. The van der Waals surface area contributed by atoms with Crippen molar-refractivity contribution in [3.8, 4) is 0 Å². The van der Waals surface area contributed by atoms with Gasteiger partial charge in [-0.05, 0) is 32.3 Å². The largest absolute Gasteiger partial charge is 0.501 e. The van der Waals surface area contributed by atoms with Gasteiger partial charge in [-0.15, -0.1) is 0 Å². The summed E-state index contributed by atoms with van der Waals surface area (Å²) in [4.78, 5) is 2.17. The molecule has 0 rings (SSSR count). The molecule has 160 valence electrons. The molecule has 1 unspecified atom stereocenters. The number of ether oxygens (including phenoxy) is 2. The molecule has 0 bridgehead atoms.